The van der Waals surface area contributed by atoms with Crippen LogP contribution in [-0.4, -0.2) is 28.3 Å². The van der Waals surface area contributed by atoms with E-state index in [0.29, 0.717) is 28.5 Å². The third-order valence-corrected chi connectivity index (χ3v) is 5.74. The quantitative estimate of drug-likeness (QED) is 0.276. The van der Waals surface area contributed by atoms with Crippen molar-refractivity contribution in [3.63, 3.8) is 0 Å². The smallest absolute Gasteiger partial charge is 0.295 e. The molecule has 6 heteroatoms. The molecule has 33 heavy (non-hydrogen) atoms. The van der Waals surface area contributed by atoms with Gasteiger partial charge < -0.3 is 14.7 Å². The van der Waals surface area contributed by atoms with Gasteiger partial charge in [0.2, 0.25) is 0 Å². The van der Waals surface area contributed by atoms with Gasteiger partial charge in [0.1, 0.15) is 11.5 Å². The molecule has 0 bridgehead atoms. The zero-order valence-corrected chi connectivity index (χ0v) is 19.0. The molecule has 0 aliphatic carbocycles. The molecule has 0 saturated carbocycles. The molecule has 1 aliphatic heterocycles. The van der Waals surface area contributed by atoms with E-state index in [4.69, 9.17) is 16.3 Å². The maximum absolute atomic E-state index is 13.1. The lowest BCUT2D eigenvalue weighted by Crippen LogP contribution is -2.29. The summed E-state index contributed by atoms with van der Waals surface area (Å²) in [4.78, 5) is 27.7. The maximum atomic E-state index is 13.1. The average Bonchev–Trinajstić information content (AvgIpc) is 3.08. The third-order valence-electron chi connectivity index (χ3n) is 5.50. The molecule has 1 heterocycles. The van der Waals surface area contributed by atoms with Gasteiger partial charge in [-0.1, -0.05) is 61.0 Å². The highest BCUT2D eigenvalue weighted by Gasteiger charge is 2.46. The van der Waals surface area contributed by atoms with Gasteiger partial charge in [-0.3, -0.25) is 9.59 Å². The van der Waals surface area contributed by atoms with Gasteiger partial charge >= 0.3 is 0 Å². The van der Waals surface area contributed by atoms with Gasteiger partial charge in [-0.2, -0.15) is 0 Å². The second kappa shape index (κ2) is 9.92. The fourth-order valence-corrected chi connectivity index (χ4v) is 4.13. The highest BCUT2D eigenvalue weighted by atomic mass is 35.5. The summed E-state index contributed by atoms with van der Waals surface area (Å²) in [6, 6.07) is 22.5. The molecule has 1 unspecified atom stereocenters. The van der Waals surface area contributed by atoms with Crippen molar-refractivity contribution in [3.8, 4) is 5.75 Å². The number of hydrogen-bond donors (Lipinski definition) is 1. The fourth-order valence-electron chi connectivity index (χ4n) is 3.93. The number of amides is 1. The van der Waals surface area contributed by atoms with Gasteiger partial charge in [-0.15, -0.1) is 0 Å². The molecular formula is C27H24ClNO4. The number of aliphatic hydroxyl groups is 1. The first-order valence-corrected chi connectivity index (χ1v) is 11.2. The number of halogens is 1. The molecular weight excluding hydrogens is 438 g/mol. The van der Waals surface area contributed by atoms with Crippen molar-refractivity contribution in [2.75, 3.05) is 6.61 Å². The molecule has 4 rings (SSSR count). The third kappa shape index (κ3) is 4.78. The topological polar surface area (TPSA) is 66.8 Å². The summed E-state index contributed by atoms with van der Waals surface area (Å²) in [5.41, 5.74) is 2.01. The van der Waals surface area contributed by atoms with Crippen molar-refractivity contribution in [1.82, 2.24) is 4.90 Å². The van der Waals surface area contributed by atoms with Gasteiger partial charge in [-0.05, 0) is 53.9 Å². The molecule has 1 amide bonds. The molecule has 1 fully saturated rings. The van der Waals surface area contributed by atoms with Gasteiger partial charge in [0.05, 0.1) is 18.2 Å². The predicted octanol–water partition coefficient (Wildman–Crippen LogP) is 5.75. The number of hydrogen-bond acceptors (Lipinski definition) is 4. The Kier molecular flexibility index (Phi) is 6.80. The molecule has 1 atom stereocenters. The monoisotopic (exact) mass is 461 g/mol. The summed E-state index contributed by atoms with van der Waals surface area (Å²) in [6.45, 7) is 2.83. The number of carbonyl (C=O) groups is 2. The second-order valence-electron chi connectivity index (χ2n) is 7.84. The average molecular weight is 462 g/mol. The second-order valence-corrected chi connectivity index (χ2v) is 8.28. The summed E-state index contributed by atoms with van der Waals surface area (Å²) >= 11 is 6.23. The van der Waals surface area contributed by atoms with Crippen molar-refractivity contribution >= 4 is 29.1 Å². The first-order valence-electron chi connectivity index (χ1n) is 10.8. The number of rotatable bonds is 7. The molecule has 0 aromatic heterocycles. The van der Waals surface area contributed by atoms with Crippen LogP contribution in [0, 0.1) is 0 Å². The van der Waals surface area contributed by atoms with Crippen LogP contribution in [0.25, 0.3) is 5.76 Å². The first-order chi connectivity index (χ1) is 16.0. The Bertz CT molecular complexity index is 1190. The van der Waals surface area contributed by atoms with Crippen molar-refractivity contribution < 1.29 is 19.4 Å². The van der Waals surface area contributed by atoms with Gasteiger partial charge in [0.25, 0.3) is 11.7 Å². The van der Waals surface area contributed by atoms with Crippen LogP contribution in [0.5, 0.6) is 5.75 Å². The Hall–Kier alpha value is -3.57. The van der Waals surface area contributed by atoms with Crippen LogP contribution in [-0.2, 0) is 16.1 Å². The van der Waals surface area contributed by atoms with Crippen molar-refractivity contribution in [1.29, 1.82) is 0 Å². The molecule has 168 valence electrons. The van der Waals surface area contributed by atoms with Gasteiger partial charge in [-0.25, -0.2) is 0 Å². The minimum Gasteiger partial charge on any atom is -0.507 e. The molecule has 3 aromatic rings. The standard InChI is InChI=1S/C27H24ClNO4/c1-2-15-33-22-13-11-19(12-14-22)25(30)23-24(20-9-6-10-21(28)16-20)29(27(32)26(23)31)17-18-7-4-3-5-8-18/h3-14,16,24,30H,2,15,17H2,1H3/b25-23+. The van der Waals surface area contributed by atoms with Crippen LogP contribution in [0.2, 0.25) is 5.02 Å². The normalized spacial score (nSPS) is 17.4. The minimum absolute atomic E-state index is 0.0421. The number of likely N-dealkylation sites (tertiary alicyclic amines) is 1. The molecule has 0 spiro atoms. The summed E-state index contributed by atoms with van der Waals surface area (Å²) in [6.07, 6.45) is 0.881. The number of ketones is 1. The number of benzene rings is 3. The Morgan fingerprint density at radius 1 is 1.00 bits per heavy atom. The number of nitrogens with zero attached hydrogens (tertiary/aromatic N) is 1. The van der Waals surface area contributed by atoms with E-state index in [-0.39, 0.29) is 17.9 Å². The van der Waals surface area contributed by atoms with E-state index >= 15 is 0 Å². The Morgan fingerprint density at radius 2 is 1.73 bits per heavy atom. The largest absolute Gasteiger partial charge is 0.507 e. The molecule has 3 aromatic carbocycles. The molecule has 1 saturated heterocycles. The number of Topliss-reactive ketones (excluding diaryl/α,β-unsaturated/α-hetero) is 1. The van der Waals surface area contributed by atoms with E-state index in [1.807, 2.05) is 37.3 Å². The van der Waals surface area contributed by atoms with Gasteiger partial charge in [0, 0.05) is 17.1 Å². The van der Waals surface area contributed by atoms with E-state index in [1.165, 1.54) is 4.90 Å². The predicted molar refractivity (Wildman–Crippen MR) is 128 cm³/mol. The molecule has 1 aliphatic rings. The SMILES string of the molecule is CCCOc1ccc(/C(O)=C2\C(=O)C(=O)N(Cc3ccccc3)C2c2cccc(Cl)c2)cc1. The molecule has 5 nitrogen and oxygen atoms in total. The van der Waals surface area contributed by atoms with E-state index in [2.05, 4.69) is 0 Å². The Balaban J connectivity index is 1.79. The highest BCUT2D eigenvalue weighted by molar-refractivity contribution is 6.46. The maximum Gasteiger partial charge on any atom is 0.295 e. The summed E-state index contributed by atoms with van der Waals surface area (Å²) in [5, 5.41) is 11.6. The first kappa shape index (κ1) is 22.6. The van der Waals surface area contributed by atoms with Crippen molar-refractivity contribution in [2.24, 2.45) is 0 Å². The van der Waals surface area contributed by atoms with Gasteiger partial charge in [0.15, 0.2) is 0 Å². The van der Waals surface area contributed by atoms with Crippen LogP contribution in [0.3, 0.4) is 0 Å². The number of ether oxygens (including phenoxy) is 1. The van der Waals surface area contributed by atoms with Crippen molar-refractivity contribution in [3.05, 3.63) is 106 Å². The van der Waals surface area contributed by atoms with Crippen LogP contribution in [0.15, 0.2) is 84.4 Å². The summed E-state index contributed by atoms with van der Waals surface area (Å²) in [7, 11) is 0. The number of aliphatic hydroxyl groups excluding tert-OH is 1. The van der Waals surface area contributed by atoms with Crippen LogP contribution in [0.4, 0.5) is 0 Å². The number of carbonyl (C=O) groups excluding carboxylic acids is 2. The molecule has 1 N–H and O–H groups in total. The highest BCUT2D eigenvalue weighted by Crippen LogP contribution is 2.41. The Morgan fingerprint density at radius 3 is 2.39 bits per heavy atom. The lowest BCUT2D eigenvalue weighted by atomic mass is 9.95. The fraction of sp³-hybridized carbons (Fsp3) is 0.185. The van der Waals surface area contributed by atoms with Crippen LogP contribution in [0.1, 0.15) is 36.1 Å². The lowest BCUT2D eigenvalue weighted by Gasteiger charge is -2.25. The summed E-state index contributed by atoms with van der Waals surface area (Å²) < 4.78 is 5.60. The zero-order valence-electron chi connectivity index (χ0n) is 18.2. The summed E-state index contributed by atoms with van der Waals surface area (Å²) in [5.74, 6) is -0.937. The van der Waals surface area contributed by atoms with Crippen LogP contribution < -0.4 is 4.74 Å². The lowest BCUT2D eigenvalue weighted by molar-refractivity contribution is -0.140. The van der Waals surface area contributed by atoms with Crippen LogP contribution >= 0.6 is 11.6 Å². The van der Waals surface area contributed by atoms with E-state index in [1.54, 1.807) is 48.5 Å². The minimum atomic E-state index is -0.764. The van der Waals surface area contributed by atoms with E-state index < -0.39 is 17.7 Å². The zero-order chi connectivity index (χ0) is 23.4. The van der Waals surface area contributed by atoms with Crippen molar-refractivity contribution in [2.45, 2.75) is 25.9 Å². The molecule has 0 radical (unpaired) electrons. The van der Waals surface area contributed by atoms with E-state index in [0.717, 1.165) is 12.0 Å². The van der Waals surface area contributed by atoms with E-state index in [9.17, 15) is 14.7 Å². The Labute approximate surface area is 197 Å².